The Balaban J connectivity index is 2.04. The number of nitrogens with two attached hydrogens (primary N) is 1. The molecule has 0 unspecified atom stereocenters. The molecule has 1 saturated carbocycles. The maximum absolute atomic E-state index is 13.7. The summed E-state index contributed by atoms with van der Waals surface area (Å²) < 4.78 is 19.2. The maximum atomic E-state index is 13.7. The van der Waals surface area contributed by atoms with Gasteiger partial charge >= 0.3 is 0 Å². The number of hydrogen-bond acceptors (Lipinski definition) is 2. The van der Waals surface area contributed by atoms with Gasteiger partial charge in [-0.2, -0.15) is 0 Å². The van der Waals surface area contributed by atoms with Crippen molar-refractivity contribution in [2.45, 2.75) is 19.3 Å². The molecule has 0 radical (unpaired) electrons. The SMILES string of the molecule is NCCc1cccc(OCC2CC2)c1F. The Labute approximate surface area is 89.2 Å². The number of benzene rings is 1. The van der Waals surface area contributed by atoms with E-state index in [9.17, 15) is 4.39 Å². The van der Waals surface area contributed by atoms with Gasteiger partial charge in [0.05, 0.1) is 6.61 Å². The van der Waals surface area contributed by atoms with E-state index in [1.165, 1.54) is 12.8 Å². The summed E-state index contributed by atoms with van der Waals surface area (Å²) in [6, 6.07) is 5.25. The Kier molecular flexibility index (Phi) is 3.21. The predicted molar refractivity (Wildman–Crippen MR) is 57.4 cm³/mol. The summed E-state index contributed by atoms with van der Waals surface area (Å²) in [6.07, 6.45) is 2.99. The summed E-state index contributed by atoms with van der Waals surface area (Å²) >= 11 is 0. The standard InChI is InChI=1S/C12H16FNO/c13-12-10(6-7-14)2-1-3-11(12)15-8-9-4-5-9/h1-3,9H,4-8,14H2. The van der Waals surface area contributed by atoms with Crippen LogP contribution in [0.3, 0.4) is 0 Å². The Morgan fingerprint density at radius 1 is 1.40 bits per heavy atom. The predicted octanol–water partition coefficient (Wildman–Crippen LogP) is 2.12. The molecule has 1 aliphatic carbocycles. The second-order valence-electron chi connectivity index (χ2n) is 4.02. The van der Waals surface area contributed by atoms with Crippen LogP contribution in [0.2, 0.25) is 0 Å². The van der Waals surface area contributed by atoms with Crippen molar-refractivity contribution in [1.82, 2.24) is 0 Å². The second kappa shape index (κ2) is 4.62. The van der Waals surface area contributed by atoms with E-state index in [0.717, 1.165) is 0 Å². The number of ether oxygens (including phenoxy) is 1. The molecule has 82 valence electrons. The van der Waals surface area contributed by atoms with Gasteiger partial charge in [0.25, 0.3) is 0 Å². The van der Waals surface area contributed by atoms with Crippen LogP contribution < -0.4 is 10.5 Å². The van der Waals surface area contributed by atoms with Crippen molar-refractivity contribution in [3.05, 3.63) is 29.6 Å². The van der Waals surface area contributed by atoms with Crippen LogP contribution in [0, 0.1) is 11.7 Å². The van der Waals surface area contributed by atoms with E-state index in [2.05, 4.69) is 0 Å². The van der Waals surface area contributed by atoms with Gasteiger partial charge in [0, 0.05) is 0 Å². The normalized spacial score (nSPS) is 15.3. The molecular weight excluding hydrogens is 193 g/mol. The molecule has 0 amide bonds. The fourth-order valence-electron chi connectivity index (χ4n) is 1.51. The zero-order valence-electron chi connectivity index (χ0n) is 8.71. The topological polar surface area (TPSA) is 35.2 Å². The molecule has 1 aromatic carbocycles. The minimum atomic E-state index is -0.247. The summed E-state index contributed by atoms with van der Waals surface area (Å²) in [5, 5.41) is 0. The monoisotopic (exact) mass is 209 g/mol. The summed E-state index contributed by atoms with van der Waals surface area (Å²) in [7, 11) is 0. The van der Waals surface area contributed by atoms with Gasteiger partial charge in [-0.25, -0.2) is 4.39 Å². The first-order valence-corrected chi connectivity index (χ1v) is 5.41. The van der Waals surface area contributed by atoms with Gasteiger partial charge in [-0.15, -0.1) is 0 Å². The van der Waals surface area contributed by atoms with Crippen molar-refractivity contribution in [3.8, 4) is 5.75 Å². The van der Waals surface area contributed by atoms with E-state index in [-0.39, 0.29) is 5.82 Å². The zero-order valence-corrected chi connectivity index (χ0v) is 8.71. The largest absolute Gasteiger partial charge is 0.490 e. The average Bonchev–Trinajstić information content (AvgIpc) is 3.03. The smallest absolute Gasteiger partial charge is 0.168 e. The lowest BCUT2D eigenvalue weighted by molar-refractivity contribution is 0.284. The van der Waals surface area contributed by atoms with Crippen LogP contribution in [0.15, 0.2) is 18.2 Å². The Morgan fingerprint density at radius 2 is 2.20 bits per heavy atom. The van der Waals surface area contributed by atoms with Gasteiger partial charge in [-0.3, -0.25) is 0 Å². The first kappa shape index (κ1) is 10.4. The molecule has 1 fully saturated rings. The molecule has 1 aliphatic rings. The Hall–Kier alpha value is -1.09. The van der Waals surface area contributed by atoms with Crippen LogP contribution in [-0.2, 0) is 6.42 Å². The molecule has 0 aliphatic heterocycles. The Morgan fingerprint density at radius 3 is 2.87 bits per heavy atom. The lowest BCUT2D eigenvalue weighted by Gasteiger charge is -2.09. The van der Waals surface area contributed by atoms with Gasteiger partial charge in [0.2, 0.25) is 0 Å². The first-order valence-electron chi connectivity index (χ1n) is 5.41. The molecule has 0 saturated heterocycles. The van der Waals surface area contributed by atoms with Crippen molar-refractivity contribution in [1.29, 1.82) is 0 Å². The van der Waals surface area contributed by atoms with Crippen LogP contribution in [-0.4, -0.2) is 13.2 Å². The summed E-state index contributed by atoms with van der Waals surface area (Å²) in [4.78, 5) is 0. The molecule has 0 aromatic heterocycles. The van der Waals surface area contributed by atoms with E-state index in [1.807, 2.05) is 6.07 Å². The van der Waals surface area contributed by atoms with Crippen molar-refractivity contribution >= 4 is 0 Å². The summed E-state index contributed by atoms with van der Waals surface area (Å²) in [5.74, 6) is 0.763. The number of halogens is 1. The van der Waals surface area contributed by atoms with E-state index in [0.29, 0.717) is 36.8 Å². The van der Waals surface area contributed by atoms with Crippen molar-refractivity contribution < 1.29 is 9.13 Å². The molecule has 2 nitrogen and oxygen atoms in total. The van der Waals surface area contributed by atoms with Crippen LogP contribution in [0.5, 0.6) is 5.75 Å². The maximum Gasteiger partial charge on any atom is 0.168 e. The highest BCUT2D eigenvalue weighted by atomic mass is 19.1. The third-order valence-electron chi connectivity index (χ3n) is 2.63. The quantitative estimate of drug-likeness (QED) is 0.806. The van der Waals surface area contributed by atoms with Crippen LogP contribution >= 0.6 is 0 Å². The molecule has 0 spiro atoms. The second-order valence-corrected chi connectivity index (χ2v) is 4.02. The van der Waals surface area contributed by atoms with Crippen LogP contribution in [0.1, 0.15) is 18.4 Å². The lowest BCUT2D eigenvalue weighted by Crippen LogP contribution is -2.07. The summed E-state index contributed by atoms with van der Waals surface area (Å²) in [5.41, 5.74) is 6.05. The van der Waals surface area contributed by atoms with Crippen LogP contribution in [0.4, 0.5) is 4.39 Å². The molecule has 0 bridgehead atoms. The van der Waals surface area contributed by atoms with Crippen molar-refractivity contribution in [2.24, 2.45) is 11.7 Å². The van der Waals surface area contributed by atoms with E-state index in [4.69, 9.17) is 10.5 Å². The minimum Gasteiger partial charge on any atom is -0.490 e. The fourth-order valence-corrected chi connectivity index (χ4v) is 1.51. The Bertz CT molecular complexity index is 336. The minimum absolute atomic E-state index is 0.247. The highest BCUT2D eigenvalue weighted by molar-refractivity contribution is 5.31. The van der Waals surface area contributed by atoms with Crippen molar-refractivity contribution in [2.75, 3.05) is 13.2 Å². The molecule has 1 aromatic rings. The van der Waals surface area contributed by atoms with Gasteiger partial charge < -0.3 is 10.5 Å². The van der Waals surface area contributed by atoms with Gasteiger partial charge in [0.1, 0.15) is 0 Å². The van der Waals surface area contributed by atoms with Gasteiger partial charge in [-0.1, -0.05) is 12.1 Å². The summed E-state index contributed by atoms with van der Waals surface area (Å²) in [6.45, 7) is 1.10. The molecule has 15 heavy (non-hydrogen) atoms. The number of hydrogen-bond donors (Lipinski definition) is 1. The van der Waals surface area contributed by atoms with E-state index >= 15 is 0 Å². The first-order chi connectivity index (χ1) is 7.31. The highest BCUT2D eigenvalue weighted by Crippen LogP contribution is 2.30. The van der Waals surface area contributed by atoms with Gasteiger partial charge in [0.15, 0.2) is 11.6 Å². The molecule has 0 atom stereocenters. The fraction of sp³-hybridized carbons (Fsp3) is 0.500. The zero-order chi connectivity index (χ0) is 10.7. The van der Waals surface area contributed by atoms with Crippen LogP contribution in [0.25, 0.3) is 0 Å². The molecular formula is C12H16FNO. The number of rotatable bonds is 5. The average molecular weight is 209 g/mol. The van der Waals surface area contributed by atoms with Gasteiger partial charge in [-0.05, 0) is 43.4 Å². The molecule has 2 rings (SSSR count). The van der Waals surface area contributed by atoms with Crippen molar-refractivity contribution in [3.63, 3.8) is 0 Å². The highest BCUT2D eigenvalue weighted by Gasteiger charge is 2.22. The van der Waals surface area contributed by atoms with E-state index < -0.39 is 0 Å². The third kappa shape index (κ3) is 2.69. The third-order valence-corrected chi connectivity index (χ3v) is 2.63. The van der Waals surface area contributed by atoms with E-state index in [1.54, 1.807) is 12.1 Å². The lowest BCUT2D eigenvalue weighted by atomic mass is 10.1. The molecule has 2 N–H and O–H groups in total. The molecule has 3 heteroatoms. The molecule has 0 heterocycles.